The number of nitrogens with zero attached hydrogens (tertiary/aromatic N) is 3. The first kappa shape index (κ1) is 12.1. The lowest BCUT2D eigenvalue weighted by molar-refractivity contribution is -0.0964. The smallest absolute Gasteiger partial charge is 0.0957 e. The van der Waals surface area contributed by atoms with Crippen LogP contribution in [0, 0.1) is 0 Å². The van der Waals surface area contributed by atoms with Crippen molar-refractivity contribution < 1.29 is 9.47 Å². The molecule has 2 aliphatic rings. The molecule has 3 rings (SSSR count). The number of rotatable bonds is 3. The van der Waals surface area contributed by atoms with Crippen LogP contribution in [0.5, 0.6) is 0 Å². The van der Waals surface area contributed by atoms with E-state index in [0.717, 1.165) is 44.6 Å². The van der Waals surface area contributed by atoms with E-state index in [9.17, 15) is 0 Å². The second-order valence-electron chi connectivity index (χ2n) is 5.21. The second-order valence-corrected chi connectivity index (χ2v) is 5.21. The molecule has 3 heterocycles. The average Bonchev–Trinajstić information content (AvgIpc) is 3.00. The summed E-state index contributed by atoms with van der Waals surface area (Å²) in [4.78, 5) is 0. The summed E-state index contributed by atoms with van der Waals surface area (Å²) < 4.78 is 13.4. The molecule has 0 radical (unpaired) electrons. The third-order valence-corrected chi connectivity index (χ3v) is 3.87. The van der Waals surface area contributed by atoms with E-state index in [1.807, 2.05) is 10.9 Å². The van der Waals surface area contributed by atoms with Crippen molar-refractivity contribution in [1.82, 2.24) is 15.0 Å². The zero-order valence-corrected chi connectivity index (χ0v) is 10.5. The van der Waals surface area contributed by atoms with Crippen LogP contribution >= 0.6 is 0 Å². The summed E-state index contributed by atoms with van der Waals surface area (Å²) in [5.41, 5.74) is 6.42. The molecule has 1 aromatic heterocycles. The monoisotopic (exact) mass is 252 g/mol. The molecule has 6 nitrogen and oxygen atoms in total. The highest BCUT2D eigenvalue weighted by molar-refractivity contribution is 4.97. The van der Waals surface area contributed by atoms with Crippen LogP contribution in [0.3, 0.4) is 0 Å². The largest absolute Gasteiger partial charge is 0.378 e. The van der Waals surface area contributed by atoms with E-state index in [-0.39, 0.29) is 5.60 Å². The summed E-state index contributed by atoms with van der Waals surface area (Å²) in [6, 6.07) is 0.375. The van der Waals surface area contributed by atoms with Crippen molar-refractivity contribution in [1.29, 1.82) is 0 Å². The van der Waals surface area contributed by atoms with Crippen LogP contribution in [0.15, 0.2) is 6.20 Å². The lowest BCUT2D eigenvalue weighted by Gasteiger charge is -2.36. The average molecular weight is 252 g/mol. The Labute approximate surface area is 106 Å². The first-order valence-electron chi connectivity index (χ1n) is 6.64. The third-order valence-electron chi connectivity index (χ3n) is 3.87. The maximum absolute atomic E-state index is 5.93. The first-order valence-corrected chi connectivity index (χ1v) is 6.64. The van der Waals surface area contributed by atoms with E-state index in [2.05, 4.69) is 10.3 Å². The predicted molar refractivity (Wildman–Crippen MR) is 65.2 cm³/mol. The van der Waals surface area contributed by atoms with Gasteiger partial charge in [-0.05, 0) is 13.0 Å². The van der Waals surface area contributed by atoms with E-state index in [1.54, 1.807) is 0 Å². The Kier molecular flexibility index (Phi) is 3.32. The van der Waals surface area contributed by atoms with Gasteiger partial charge >= 0.3 is 0 Å². The maximum atomic E-state index is 5.93. The van der Waals surface area contributed by atoms with Gasteiger partial charge in [0.05, 0.1) is 23.9 Å². The minimum Gasteiger partial charge on any atom is -0.378 e. The van der Waals surface area contributed by atoms with Crippen LogP contribution in [0.1, 0.15) is 31.0 Å². The van der Waals surface area contributed by atoms with Gasteiger partial charge < -0.3 is 15.2 Å². The topological polar surface area (TPSA) is 75.2 Å². The van der Waals surface area contributed by atoms with Crippen LogP contribution in [-0.2, 0) is 15.9 Å². The standard InChI is InChI=1S/C12H20N4O2/c13-4-1-10-8-16(15-14-10)11-2-5-18-12(7-11)3-6-17-9-12/h8,11H,1-7,9,13H2. The quantitative estimate of drug-likeness (QED) is 0.837. The van der Waals surface area contributed by atoms with Crippen LogP contribution in [0.25, 0.3) is 0 Å². The molecule has 100 valence electrons. The fraction of sp³-hybridized carbons (Fsp3) is 0.833. The van der Waals surface area contributed by atoms with Gasteiger partial charge in [-0.25, -0.2) is 4.68 Å². The summed E-state index contributed by atoms with van der Waals surface area (Å²) >= 11 is 0. The number of hydrogen-bond acceptors (Lipinski definition) is 5. The number of nitrogens with two attached hydrogens (primary N) is 1. The molecule has 2 N–H and O–H groups in total. The highest BCUT2D eigenvalue weighted by Crippen LogP contribution is 2.37. The summed E-state index contributed by atoms with van der Waals surface area (Å²) in [6.07, 6.45) is 5.77. The van der Waals surface area contributed by atoms with Crippen LogP contribution in [0.2, 0.25) is 0 Å². The number of aromatic nitrogens is 3. The Morgan fingerprint density at radius 2 is 2.44 bits per heavy atom. The van der Waals surface area contributed by atoms with Crippen molar-refractivity contribution >= 4 is 0 Å². The zero-order valence-electron chi connectivity index (χ0n) is 10.5. The van der Waals surface area contributed by atoms with Crippen LogP contribution in [0.4, 0.5) is 0 Å². The van der Waals surface area contributed by atoms with Gasteiger partial charge in [0, 0.05) is 38.7 Å². The van der Waals surface area contributed by atoms with Crippen molar-refractivity contribution in [3.05, 3.63) is 11.9 Å². The SMILES string of the molecule is NCCc1cn(C2CCOC3(CCOC3)C2)nn1. The lowest BCUT2D eigenvalue weighted by Crippen LogP contribution is -2.41. The van der Waals surface area contributed by atoms with Gasteiger partial charge in [0.1, 0.15) is 0 Å². The summed E-state index contributed by atoms with van der Waals surface area (Å²) in [5, 5.41) is 8.38. The maximum Gasteiger partial charge on any atom is 0.0957 e. The molecule has 18 heavy (non-hydrogen) atoms. The summed E-state index contributed by atoms with van der Waals surface area (Å²) in [6.45, 7) is 2.92. The summed E-state index contributed by atoms with van der Waals surface area (Å²) in [7, 11) is 0. The van der Waals surface area contributed by atoms with Crippen LogP contribution in [-0.4, -0.2) is 47.0 Å². The third kappa shape index (κ3) is 2.28. The highest BCUT2D eigenvalue weighted by Gasteiger charge is 2.41. The second kappa shape index (κ2) is 4.95. The van der Waals surface area contributed by atoms with Gasteiger partial charge in [0.25, 0.3) is 0 Å². The molecule has 2 fully saturated rings. The first-order chi connectivity index (χ1) is 8.81. The van der Waals surface area contributed by atoms with Gasteiger partial charge in [-0.3, -0.25) is 0 Å². The van der Waals surface area contributed by atoms with Crippen molar-refractivity contribution in [2.45, 2.75) is 37.3 Å². The van der Waals surface area contributed by atoms with E-state index in [1.165, 1.54) is 0 Å². The van der Waals surface area contributed by atoms with E-state index in [4.69, 9.17) is 15.2 Å². The van der Waals surface area contributed by atoms with Gasteiger partial charge in [-0.1, -0.05) is 5.21 Å². The molecule has 2 atom stereocenters. The zero-order chi connectivity index (χ0) is 12.4. The van der Waals surface area contributed by atoms with E-state index >= 15 is 0 Å². The van der Waals surface area contributed by atoms with Gasteiger partial charge in [-0.15, -0.1) is 5.10 Å². The molecule has 0 aromatic carbocycles. The lowest BCUT2D eigenvalue weighted by atomic mass is 9.90. The Bertz CT molecular complexity index is 401. The molecule has 1 aromatic rings. The minimum atomic E-state index is -0.0805. The fourth-order valence-corrected chi connectivity index (χ4v) is 2.85. The van der Waals surface area contributed by atoms with E-state index < -0.39 is 0 Å². The van der Waals surface area contributed by atoms with Gasteiger partial charge in [0.15, 0.2) is 0 Å². The van der Waals surface area contributed by atoms with Crippen molar-refractivity contribution in [3.8, 4) is 0 Å². The van der Waals surface area contributed by atoms with Crippen LogP contribution < -0.4 is 5.73 Å². The van der Waals surface area contributed by atoms with Crippen molar-refractivity contribution in [2.24, 2.45) is 5.73 Å². The van der Waals surface area contributed by atoms with Gasteiger partial charge in [-0.2, -0.15) is 0 Å². The molecule has 0 bridgehead atoms. The normalized spacial score (nSPS) is 32.2. The molecule has 2 unspecified atom stereocenters. The molecule has 0 aliphatic carbocycles. The molecule has 1 spiro atoms. The van der Waals surface area contributed by atoms with E-state index in [0.29, 0.717) is 19.2 Å². The number of hydrogen-bond donors (Lipinski definition) is 1. The Balaban J connectivity index is 1.71. The number of ether oxygens (including phenoxy) is 2. The molecule has 0 saturated carbocycles. The van der Waals surface area contributed by atoms with Crippen molar-refractivity contribution in [3.63, 3.8) is 0 Å². The predicted octanol–water partition coefficient (Wildman–Crippen LogP) is 0.290. The molecule has 2 aliphatic heterocycles. The fourth-order valence-electron chi connectivity index (χ4n) is 2.85. The Morgan fingerprint density at radius 3 is 3.22 bits per heavy atom. The summed E-state index contributed by atoms with van der Waals surface area (Å²) in [5.74, 6) is 0. The molecule has 6 heteroatoms. The van der Waals surface area contributed by atoms with Crippen molar-refractivity contribution in [2.75, 3.05) is 26.4 Å². The minimum absolute atomic E-state index is 0.0805. The molecular formula is C12H20N4O2. The molecular weight excluding hydrogens is 232 g/mol. The molecule has 0 amide bonds. The Morgan fingerprint density at radius 1 is 1.50 bits per heavy atom. The van der Waals surface area contributed by atoms with Gasteiger partial charge in [0.2, 0.25) is 0 Å². The Hall–Kier alpha value is -0.980. The molecule has 2 saturated heterocycles. The highest BCUT2D eigenvalue weighted by atomic mass is 16.6.